The molecule has 164 valence electrons. The van der Waals surface area contributed by atoms with Crippen molar-refractivity contribution in [1.82, 2.24) is 9.78 Å². The molecule has 6 nitrogen and oxygen atoms in total. The Morgan fingerprint density at radius 3 is 2.30 bits per heavy atom. The molecule has 0 N–H and O–H groups in total. The van der Waals surface area contributed by atoms with Gasteiger partial charge in [-0.2, -0.15) is 5.10 Å². The summed E-state index contributed by atoms with van der Waals surface area (Å²) in [6.07, 6.45) is 2.72. The third-order valence-corrected chi connectivity index (χ3v) is 6.19. The van der Waals surface area contributed by atoms with E-state index in [1.807, 2.05) is 27.7 Å². The monoisotopic (exact) mass is 432 g/mol. The Labute approximate surface area is 179 Å². The third kappa shape index (κ3) is 4.83. The number of carbonyl (C=O) groups is 1. The SMILES string of the molecule is CCOc1c(C(=O)c2ccc(S(C)(=O)=O)c(C(C)=C(C)C)c2C)cnn1CC(C)C. The van der Waals surface area contributed by atoms with Gasteiger partial charge in [0, 0.05) is 18.4 Å². The summed E-state index contributed by atoms with van der Waals surface area (Å²) in [7, 11) is -3.45. The van der Waals surface area contributed by atoms with Crippen LogP contribution in [0.2, 0.25) is 0 Å². The number of ketones is 1. The average Bonchev–Trinajstić information content (AvgIpc) is 3.01. The number of nitrogens with zero attached hydrogens (tertiary/aromatic N) is 2. The zero-order valence-electron chi connectivity index (χ0n) is 19.2. The lowest BCUT2D eigenvalue weighted by Crippen LogP contribution is -2.13. The van der Waals surface area contributed by atoms with Crippen LogP contribution >= 0.6 is 0 Å². The first-order valence-corrected chi connectivity index (χ1v) is 12.0. The number of ether oxygens (including phenoxy) is 1. The second-order valence-electron chi connectivity index (χ2n) is 8.21. The molecule has 0 amide bonds. The molecule has 0 bridgehead atoms. The summed E-state index contributed by atoms with van der Waals surface area (Å²) in [6.45, 7) is 14.6. The molecular weight excluding hydrogens is 400 g/mol. The van der Waals surface area contributed by atoms with E-state index in [1.165, 1.54) is 18.5 Å². The Hall–Kier alpha value is -2.41. The molecule has 1 aromatic carbocycles. The summed E-state index contributed by atoms with van der Waals surface area (Å²) in [4.78, 5) is 13.7. The second-order valence-corrected chi connectivity index (χ2v) is 10.2. The minimum atomic E-state index is -3.45. The van der Waals surface area contributed by atoms with Crippen molar-refractivity contribution >= 4 is 21.2 Å². The molecule has 1 heterocycles. The van der Waals surface area contributed by atoms with E-state index in [0.717, 1.165) is 11.1 Å². The fourth-order valence-electron chi connectivity index (χ4n) is 3.40. The van der Waals surface area contributed by atoms with Crippen molar-refractivity contribution in [2.75, 3.05) is 12.9 Å². The Morgan fingerprint density at radius 2 is 1.80 bits per heavy atom. The van der Waals surface area contributed by atoms with Crippen molar-refractivity contribution in [3.8, 4) is 5.88 Å². The quantitative estimate of drug-likeness (QED) is 0.565. The summed E-state index contributed by atoms with van der Waals surface area (Å²) >= 11 is 0. The summed E-state index contributed by atoms with van der Waals surface area (Å²) in [5, 5.41) is 4.36. The molecule has 0 aliphatic carbocycles. The van der Waals surface area contributed by atoms with Gasteiger partial charge in [0.05, 0.1) is 17.7 Å². The Kier molecular flexibility index (Phi) is 7.29. The van der Waals surface area contributed by atoms with Crippen molar-refractivity contribution in [2.45, 2.75) is 59.9 Å². The predicted octanol–water partition coefficient (Wildman–Crippen LogP) is 4.69. The van der Waals surface area contributed by atoms with E-state index in [9.17, 15) is 13.2 Å². The highest BCUT2D eigenvalue weighted by atomic mass is 32.2. The summed E-state index contributed by atoms with van der Waals surface area (Å²) < 4.78 is 32.2. The van der Waals surface area contributed by atoms with Crippen LogP contribution in [0.3, 0.4) is 0 Å². The molecule has 0 fully saturated rings. The fraction of sp³-hybridized carbons (Fsp3) is 0.478. The maximum absolute atomic E-state index is 13.5. The van der Waals surface area contributed by atoms with Crippen LogP contribution in [0.1, 0.15) is 68.6 Å². The molecule has 0 atom stereocenters. The minimum absolute atomic E-state index is 0.228. The average molecular weight is 433 g/mol. The lowest BCUT2D eigenvalue weighted by molar-refractivity contribution is 0.103. The maximum Gasteiger partial charge on any atom is 0.223 e. The van der Waals surface area contributed by atoms with Gasteiger partial charge in [0.2, 0.25) is 5.88 Å². The first-order chi connectivity index (χ1) is 13.9. The first-order valence-electron chi connectivity index (χ1n) is 10.1. The molecule has 2 rings (SSSR count). The highest BCUT2D eigenvalue weighted by molar-refractivity contribution is 7.90. The molecular formula is C23H32N2O4S. The number of allylic oxidation sites excluding steroid dienone is 2. The van der Waals surface area contributed by atoms with Gasteiger partial charge in [-0.1, -0.05) is 19.4 Å². The van der Waals surface area contributed by atoms with Crippen LogP contribution in [0.15, 0.2) is 28.8 Å². The Balaban J connectivity index is 2.72. The van der Waals surface area contributed by atoms with E-state index in [4.69, 9.17) is 4.74 Å². The van der Waals surface area contributed by atoms with E-state index in [1.54, 1.807) is 17.7 Å². The van der Waals surface area contributed by atoms with Crippen LogP contribution in [0.4, 0.5) is 0 Å². The Morgan fingerprint density at radius 1 is 1.17 bits per heavy atom. The van der Waals surface area contributed by atoms with Gasteiger partial charge < -0.3 is 4.74 Å². The molecule has 0 spiro atoms. The van der Waals surface area contributed by atoms with E-state index >= 15 is 0 Å². The van der Waals surface area contributed by atoms with Crippen molar-refractivity contribution in [1.29, 1.82) is 0 Å². The zero-order chi connectivity index (χ0) is 22.8. The fourth-order valence-corrected chi connectivity index (χ4v) is 4.39. The third-order valence-electron chi connectivity index (χ3n) is 5.05. The molecule has 0 aliphatic heterocycles. The highest BCUT2D eigenvalue weighted by Crippen LogP contribution is 2.33. The van der Waals surface area contributed by atoms with Gasteiger partial charge in [0.25, 0.3) is 0 Å². The van der Waals surface area contributed by atoms with Gasteiger partial charge in [-0.05, 0) is 69.4 Å². The summed E-state index contributed by atoms with van der Waals surface area (Å²) in [6, 6.07) is 3.11. The van der Waals surface area contributed by atoms with Crippen LogP contribution in [0.5, 0.6) is 5.88 Å². The van der Waals surface area contributed by atoms with Crippen molar-refractivity contribution in [3.63, 3.8) is 0 Å². The molecule has 0 radical (unpaired) electrons. The van der Waals surface area contributed by atoms with Gasteiger partial charge in [0.1, 0.15) is 5.56 Å². The summed E-state index contributed by atoms with van der Waals surface area (Å²) in [5.41, 5.74) is 3.91. The lowest BCUT2D eigenvalue weighted by atomic mass is 9.91. The number of aromatic nitrogens is 2. The van der Waals surface area contributed by atoms with Crippen LogP contribution in [0, 0.1) is 12.8 Å². The van der Waals surface area contributed by atoms with Gasteiger partial charge in [-0.25, -0.2) is 13.1 Å². The van der Waals surface area contributed by atoms with Gasteiger partial charge in [0.15, 0.2) is 15.6 Å². The smallest absolute Gasteiger partial charge is 0.223 e. The molecule has 0 unspecified atom stereocenters. The minimum Gasteiger partial charge on any atom is -0.478 e. The summed E-state index contributed by atoms with van der Waals surface area (Å²) in [5.74, 6) is 0.562. The van der Waals surface area contributed by atoms with E-state index < -0.39 is 9.84 Å². The maximum atomic E-state index is 13.5. The van der Waals surface area contributed by atoms with Crippen LogP contribution in [-0.2, 0) is 16.4 Å². The molecule has 0 aliphatic rings. The van der Waals surface area contributed by atoms with Crippen molar-refractivity contribution in [2.24, 2.45) is 5.92 Å². The number of hydrogen-bond donors (Lipinski definition) is 0. The molecule has 2 aromatic rings. The molecule has 30 heavy (non-hydrogen) atoms. The molecule has 0 saturated heterocycles. The van der Waals surface area contributed by atoms with E-state index in [0.29, 0.717) is 47.2 Å². The standard InChI is InChI=1S/C23H32N2O4S/c1-9-29-23-19(12-24-25(23)13-14(2)3)22(26)18-10-11-20(30(8,27)28)21(17(18)7)16(6)15(4)5/h10-12,14H,9,13H2,1-8H3. The van der Waals surface area contributed by atoms with Crippen molar-refractivity contribution in [3.05, 3.63) is 46.2 Å². The number of carbonyl (C=O) groups excluding carboxylic acids is 1. The predicted molar refractivity (Wildman–Crippen MR) is 120 cm³/mol. The largest absolute Gasteiger partial charge is 0.478 e. The van der Waals surface area contributed by atoms with Gasteiger partial charge >= 0.3 is 0 Å². The Bertz CT molecular complexity index is 1090. The van der Waals surface area contributed by atoms with Crippen LogP contribution in [0.25, 0.3) is 5.57 Å². The number of rotatable bonds is 8. The topological polar surface area (TPSA) is 78.3 Å². The normalized spacial score (nSPS) is 11.6. The lowest BCUT2D eigenvalue weighted by Gasteiger charge is -2.17. The van der Waals surface area contributed by atoms with Gasteiger partial charge in [-0.15, -0.1) is 0 Å². The van der Waals surface area contributed by atoms with Crippen molar-refractivity contribution < 1.29 is 17.9 Å². The van der Waals surface area contributed by atoms with Crippen LogP contribution < -0.4 is 4.74 Å². The first kappa shape index (κ1) is 23.9. The molecule has 7 heteroatoms. The molecule has 0 saturated carbocycles. The van der Waals surface area contributed by atoms with Crippen LogP contribution in [-0.4, -0.2) is 36.8 Å². The van der Waals surface area contributed by atoms with Gasteiger partial charge in [-0.3, -0.25) is 4.79 Å². The van der Waals surface area contributed by atoms with E-state index in [-0.39, 0.29) is 10.7 Å². The molecule has 1 aromatic heterocycles. The van der Waals surface area contributed by atoms with E-state index in [2.05, 4.69) is 18.9 Å². The second kappa shape index (κ2) is 9.16. The highest BCUT2D eigenvalue weighted by Gasteiger charge is 2.26. The number of sulfone groups is 1. The zero-order valence-corrected chi connectivity index (χ0v) is 20.0. The number of hydrogen-bond acceptors (Lipinski definition) is 5. The number of benzene rings is 1.